The summed E-state index contributed by atoms with van der Waals surface area (Å²) in [7, 11) is 0. The van der Waals surface area contributed by atoms with Crippen molar-refractivity contribution in [2.45, 2.75) is 25.9 Å². The molecule has 22 heavy (non-hydrogen) atoms. The Labute approximate surface area is 132 Å². The van der Waals surface area contributed by atoms with Gasteiger partial charge in [0.25, 0.3) is 0 Å². The molecule has 1 aromatic heterocycles. The predicted octanol–water partition coefficient (Wildman–Crippen LogP) is 4.43. The Morgan fingerprint density at radius 1 is 1.18 bits per heavy atom. The van der Waals surface area contributed by atoms with Crippen molar-refractivity contribution < 1.29 is 4.74 Å². The van der Waals surface area contributed by atoms with Crippen molar-refractivity contribution in [2.24, 2.45) is 5.92 Å². The molecule has 3 rings (SSSR count). The van der Waals surface area contributed by atoms with Crippen molar-refractivity contribution in [1.82, 2.24) is 4.98 Å². The molecule has 0 spiro atoms. The number of aromatic nitrogens is 1. The van der Waals surface area contributed by atoms with Gasteiger partial charge in [-0.2, -0.15) is 0 Å². The minimum atomic E-state index is 0.546. The summed E-state index contributed by atoms with van der Waals surface area (Å²) >= 11 is 0. The highest BCUT2D eigenvalue weighted by Gasteiger charge is 2.09. The molecule has 0 aliphatic heterocycles. The smallest absolute Gasteiger partial charge is 0.121 e. The highest BCUT2D eigenvalue weighted by atomic mass is 16.5. The number of hydrogen-bond donors (Lipinski definition) is 1. The molecule has 0 saturated carbocycles. The first-order valence-electron chi connectivity index (χ1n) is 7.91. The molecule has 1 N–H and O–H groups in total. The molecule has 0 amide bonds. The molecule has 1 aliphatic carbocycles. The van der Waals surface area contributed by atoms with Gasteiger partial charge in [0, 0.05) is 36.3 Å². The Balaban J connectivity index is 1.52. The normalized spacial score (nSPS) is 17.2. The molecule has 1 atom stereocenters. The summed E-state index contributed by atoms with van der Waals surface area (Å²) in [6, 6.07) is 12.1. The SMILES string of the molecule is C1=CCC(CNc2cccc(OCc3cccnc3)c2)CC1. The Morgan fingerprint density at radius 3 is 3.00 bits per heavy atom. The highest BCUT2D eigenvalue weighted by Crippen LogP contribution is 2.22. The summed E-state index contributed by atoms with van der Waals surface area (Å²) in [6.45, 7) is 1.57. The number of pyridine rings is 1. The van der Waals surface area contributed by atoms with Crippen molar-refractivity contribution in [3.63, 3.8) is 0 Å². The molecular weight excluding hydrogens is 272 g/mol. The Bertz CT molecular complexity index is 610. The standard InChI is InChI=1S/C19H22N2O/c1-2-6-16(7-3-1)14-21-18-9-4-10-19(12-18)22-15-17-8-5-11-20-13-17/h1-2,4-5,8-13,16,21H,3,6-7,14-15H2. The van der Waals surface area contributed by atoms with Crippen LogP contribution in [0.25, 0.3) is 0 Å². The molecule has 0 saturated heterocycles. The number of anilines is 1. The van der Waals surface area contributed by atoms with E-state index >= 15 is 0 Å². The minimum Gasteiger partial charge on any atom is -0.489 e. The van der Waals surface area contributed by atoms with Gasteiger partial charge in [0.05, 0.1) is 0 Å². The van der Waals surface area contributed by atoms with Gasteiger partial charge in [-0.05, 0) is 43.4 Å². The Hall–Kier alpha value is -2.29. The quantitative estimate of drug-likeness (QED) is 0.800. The Morgan fingerprint density at radius 2 is 2.18 bits per heavy atom. The van der Waals surface area contributed by atoms with Gasteiger partial charge in [0.2, 0.25) is 0 Å². The van der Waals surface area contributed by atoms with E-state index in [0.29, 0.717) is 6.61 Å². The summed E-state index contributed by atoms with van der Waals surface area (Å²) in [5.74, 6) is 1.63. The second-order valence-electron chi connectivity index (χ2n) is 5.71. The third kappa shape index (κ3) is 4.35. The first-order chi connectivity index (χ1) is 10.9. The number of rotatable bonds is 6. The van der Waals surface area contributed by atoms with Crippen LogP contribution in [0.3, 0.4) is 0 Å². The second kappa shape index (κ2) is 7.64. The van der Waals surface area contributed by atoms with E-state index in [1.807, 2.05) is 30.5 Å². The van der Waals surface area contributed by atoms with Gasteiger partial charge >= 0.3 is 0 Å². The highest BCUT2D eigenvalue weighted by molar-refractivity contribution is 5.48. The lowest BCUT2D eigenvalue weighted by atomic mass is 9.94. The maximum absolute atomic E-state index is 5.83. The summed E-state index contributed by atoms with van der Waals surface area (Å²) in [5, 5.41) is 3.53. The molecule has 114 valence electrons. The van der Waals surface area contributed by atoms with Crippen LogP contribution in [0.1, 0.15) is 24.8 Å². The zero-order valence-electron chi connectivity index (χ0n) is 12.7. The van der Waals surface area contributed by atoms with Crippen LogP contribution in [0.15, 0.2) is 60.9 Å². The van der Waals surface area contributed by atoms with Crippen LogP contribution in [0.5, 0.6) is 5.75 Å². The number of hydrogen-bond acceptors (Lipinski definition) is 3. The zero-order chi connectivity index (χ0) is 15.0. The second-order valence-corrected chi connectivity index (χ2v) is 5.71. The molecule has 1 aliphatic rings. The number of benzene rings is 1. The van der Waals surface area contributed by atoms with Crippen molar-refractivity contribution in [3.05, 3.63) is 66.5 Å². The van der Waals surface area contributed by atoms with Crippen LogP contribution in [-0.4, -0.2) is 11.5 Å². The zero-order valence-corrected chi connectivity index (χ0v) is 12.7. The Kier molecular flexibility index (Phi) is 5.09. The number of ether oxygens (including phenoxy) is 1. The maximum atomic E-state index is 5.83. The third-order valence-corrected chi connectivity index (χ3v) is 3.93. The number of nitrogens with zero attached hydrogens (tertiary/aromatic N) is 1. The lowest BCUT2D eigenvalue weighted by Crippen LogP contribution is -2.15. The van der Waals surface area contributed by atoms with Crippen LogP contribution in [-0.2, 0) is 6.61 Å². The average Bonchev–Trinajstić information content (AvgIpc) is 2.60. The molecule has 1 unspecified atom stereocenters. The van der Waals surface area contributed by atoms with Crippen molar-refractivity contribution in [2.75, 3.05) is 11.9 Å². The molecule has 1 aromatic carbocycles. The van der Waals surface area contributed by atoms with Crippen LogP contribution >= 0.6 is 0 Å². The van der Waals surface area contributed by atoms with Gasteiger partial charge in [-0.25, -0.2) is 0 Å². The number of allylic oxidation sites excluding steroid dienone is 2. The van der Waals surface area contributed by atoms with Gasteiger partial charge in [0.1, 0.15) is 12.4 Å². The molecular formula is C19H22N2O. The van der Waals surface area contributed by atoms with Gasteiger partial charge in [-0.1, -0.05) is 24.3 Å². The lowest BCUT2D eigenvalue weighted by molar-refractivity contribution is 0.306. The lowest BCUT2D eigenvalue weighted by Gasteiger charge is -2.19. The fraction of sp³-hybridized carbons (Fsp3) is 0.316. The monoisotopic (exact) mass is 294 g/mol. The predicted molar refractivity (Wildman–Crippen MR) is 90.0 cm³/mol. The van der Waals surface area contributed by atoms with E-state index in [2.05, 4.69) is 34.6 Å². The molecule has 2 aromatic rings. The van der Waals surface area contributed by atoms with Crippen LogP contribution in [0.4, 0.5) is 5.69 Å². The van der Waals surface area contributed by atoms with E-state index in [9.17, 15) is 0 Å². The maximum Gasteiger partial charge on any atom is 0.121 e. The topological polar surface area (TPSA) is 34.1 Å². The fourth-order valence-corrected chi connectivity index (χ4v) is 2.65. The molecule has 1 heterocycles. The van der Waals surface area contributed by atoms with E-state index < -0.39 is 0 Å². The minimum absolute atomic E-state index is 0.546. The summed E-state index contributed by atoms with van der Waals surface area (Å²) in [6.07, 6.45) is 11.9. The summed E-state index contributed by atoms with van der Waals surface area (Å²) < 4.78 is 5.83. The van der Waals surface area contributed by atoms with Gasteiger partial charge in [0.15, 0.2) is 0 Å². The molecule has 0 bridgehead atoms. The molecule has 0 fully saturated rings. The van der Waals surface area contributed by atoms with Gasteiger partial charge in [-0.3, -0.25) is 4.98 Å². The molecule has 3 heteroatoms. The molecule has 3 nitrogen and oxygen atoms in total. The van der Waals surface area contributed by atoms with Crippen LogP contribution in [0.2, 0.25) is 0 Å². The van der Waals surface area contributed by atoms with Crippen molar-refractivity contribution in [3.8, 4) is 5.75 Å². The van der Waals surface area contributed by atoms with E-state index in [1.165, 1.54) is 19.3 Å². The van der Waals surface area contributed by atoms with E-state index in [0.717, 1.165) is 29.5 Å². The van der Waals surface area contributed by atoms with Crippen molar-refractivity contribution in [1.29, 1.82) is 0 Å². The van der Waals surface area contributed by atoms with E-state index in [4.69, 9.17) is 4.74 Å². The van der Waals surface area contributed by atoms with Crippen LogP contribution in [0, 0.1) is 5.92 Å². The van der Waals surface area contributed by atoms with Crippen LogP contribution < -0.4 is 10.1 Å². The van der Waals surface area contributed by atoms with E-state index in [1.54, 1.807) is 6.20 Å². The van der Waals surface area contributed by atoms with Gasteiger partial charge < -0.3 is 10.1 Å². The third-order valence-electron chi connectivity index (χ3n) is 3.93. The van der Waals surface area contributed by atoms with Gasteiger partial charge in [-0.15, -0.1) is 0 Å². The fourth-order valence-electron chi connectivity index (χ4n) is 2.65. The summed E-state index contributed by atoms with van der Waals surface area (Å²) in [4.78, 5) is 4.10. The first kappa shape index (κ1) is 14.6. The number of nitrogens with one attached hydrogen (secondary N) is 1. The largest absolute Gasteiger partial charge is 0.489 e. The average molecular weight is 294 g/mol. The first-order valence-corrected chi connectivity index (χ1v) is 7.91. The summed E-state index contributed by atoms with van der Waals surface area (Å²) in [5.41, 5.74) is 2.20. The molecule has 0 radical (unpaired) electrons. The van der Waals surface area contributed by atoms with Crippen molar-refractivity contribution >= 4 is 5.69 Å². The van der Waals surface area contributed by atoms with E-state index in [-0.39, 0.29) is 0 Å².